The molecule has 0 aliphatic carbocycles. The zero-order chi connectivity index (χ0) is 17.5. The van der Waals surface area contributed by atoms with Gasteiger partial charge in [0.2, 0.25) is 0 Å². The molecule has 0 radical (unpaired) electrons. The number of hydrogen-bond acceptors (Lipinski definition) is 3. The molecule has 26 heavy (non-hydrogen) atoms. The fourth-order valence-electron chi connectivity index (χ4n) is 3.48. The van der Waals surface area contributed by atoms with Crippen LogP contribution < -0.4 is 11.1 Å². The van der Waals surface area contributed by atoms with E-state index in [4.69, 9.17) is 10.5 Å². The number of ether oxygens (including phenoxy) is 1. The summed E-state index contributed by atoms with van der Waals surface area (Å²) in [5.74, 6) is 1.39. The lowest BCUT2D eigenvalue weighted by atomic mass is 9.99. The number of nitrogens with two attached hydrogens (primary N) is 1. The zero-order valence-electron chi connectivity index (χ0n) is 15.8. The van der Waals surface area contributed by atoms with Crippen LogP contribution in [0.15, 0.2) is 29.3 Å². The van der Waals surface area contributed by atoms with Crippen molar-refractivity contribution in [2.24, 2.45) is 16.6 Å². The monoisotopic (exact) mass is 472 g/mol. The fraction of sp³-hybridized carbons (Fsp3) is 0.650. The van der Waals surface area contributed by atoms with Crippen LogP contribution in [0.4, 0.5) is 0 Å². The standard InChI is InChI=1S/C20H32N4O.HI/c1-16-8-10-24(11-9-16)15-18-6-4-17(5-7-18)13-22-20(21)23-14-19-3-2-12-25-19;/h4-7,16,19H,2-3,8-15H2,1H3,(H3,21,22,23);1H. The number of aliphatic imine (C=N–C) groups is 1. The molecule has 0 saturated carbocycles. The summed E-state index contributed by atoms with van der Waals surface area (Å²) < 4.78 is 5.57. The van der Waals surface area contributed by atoms with E-state index in [2.05, 4.69) is 46.4 Å². The van der Waals surface area contributed by atoms with E-state index in [9.17, 15) is 0 Å². The van der Waals surface area contributed by atoms with Crippen molar-refractivity contribution in [2.75, 3.05) is 26.2 Å². The highest BCUT2D eigenvalue weighted by molar-refractivity contribution is 14.0. The molecule has 146 valence electrons. The minimum absolute atomic E-state index is 0. The smallest absolute Gasteiger partial charge is 0.189 e. The minimum atomic E-state index is 0. The minimum Gasteiger partial charge on any atom is -0.376 e. The molecule has 1 atom stereocenters. The Morgan fingerprint density at radius 1 is 1.19 bits per heavy atom. The van der Waals surface area contributed by atoms with Crippen molar-refractivity contribution in [3.8, 4) is 0 Å². The Morgan fingerprint density at radius 3 is 2.54 bits per heavy atom. The maximum absolute atomic E-state index is 5.94. The number of guanidine groups is 1. The van der Waals surface area contributed by atoms with Gasteiger partial charge in [-0.15, -0.1) is 24.0 Å². The molecule has 5 nitrogen and oxygen atoms in total. The molecular weight excluding hydrogens is 439 g/mol. The highest BCUT2D eigenvalue weighted by Gasteiger charge is 2.16. The first-order chi connectivity index (χ1) is 12.2. The Kier molecular flexibility index (Phi) is 9.15. The van der Waals surface area contributed by atoms with Crippen molar-refractivity contribution >= 4 is 29.9 Å². The van der Waals surface area contributed by atoms with E-state index >= 15 is 0 Å². The van der Waals surface area contributed by atoms with E-state index in [0.717, 1.165) is 38.5 Å². The van der Waals surface area contributed by atoms with Gasteiger partial charge in [0.1, 0.15) is 0 Å². The van der Waals surface area contributed by atoms with Crippen molar-refractivity contribution in [1.29, 1.82) is 0 Å². The Bertz CT molecular complexity index is 549. The number of piperidine rings is 1. The number of benzene rings is 1. The van der Waals surface area contributed by atoms with E-state index in [1.165, 1.54) is 37.1 Å². The van der Waals surface area contributed by atoms with E-state index in [1.807, 2.05) is 0 Å². The third-order valence-electron chi connectivity index (χ3n) is 5.27. The normalized spacial score (nSPS) is 22.2. The van der Waals surface area contributed by atoms with Crippen molar-refractivity contribution in [2.45, 2.75) is 51.8 Å². The molecule has 2 heterocycles. The first-order valence-electron chi connectivity index (χ1n) is 9.64. The number of hydrogen-bond donors (Lipinski definition) is 2. The van der Waals surface area contributed by atoms with Gasteiger partial charge < -0.3 is 15.8 Å². The molecule has 6 heteroatoms. The molecule has 1 unspecified atom stereocenters. The third-order valence-corrected chi connectivity index (χ3v) is 5.27. The highest BCUT2D eigenvalue weighted by Crippen LogP contribution is 2.18. The number of rotatable bonds is 6. The summed E-state index contributed by atoms with van der Waals surface area (Å²) in [5, 5.41) is 3.16. The van der Waals surface area contributed by atoms with Crippen LogP contribution in [-0.2, 0) is 17.8 Å². The van der Waals surface area contributed by atoms with Crippen LogP contribution >= 0.6 is 24.0 Å². The molecule has 0 amide bonds. The first-order valence-corrected chi connectivity index (χ1v) is 9.64. The molecule has 1 aromatic carbocycles. The summed E-state index contributed by atoms with van der Waals surface area (Å²) in [5.41, 5.74) is 8.51. The van der Waals surface area contributed by atoms with E-state index in [0.29, 0.717) is 12.5 Å². The maximum Gasteiger partial charge on any atom is 0.189 e. The molecule has 0 spiro atoms. The topological polar surface area (TPSA) is 62.9 Å². The Morgan fingerprint density at radius 2 is 1.88 bits per heavy atom. The van der Waals surface area contributed by atoms with Crippen LogP contribution in [0.25, 0.3) is 0 Å². The number of halogens is 1. The average molecular weight is 472 g/mol. The van der Waals surface area contributed by atoms with E-state index in [1.54, 1.807) is 0 Å². The fourth-order valence-corrected chi connectivity index (χ4v) is 3.48. The van der Waals surface area contributed by atoms with Crippen LogP contribution in [0, 0.1) is 5.92 Å². The summed E-state index contributed by atoms with van der Waals surface area (Å²) >= 11 is 0. The summed E-state index contributed by atoms with van der Waals surface area (Å²) in [6.07, 6.45) is 5.19. The summed E-state index contributed by atoms with van der Waals surface area (Å²) in [6.45, 7) is 8.09. The molecule has 0 bridgehead atoms. The first kappa shape index (κ1) is 21.4. The van der Waals surface area contributed by atoms with Crippen molar-refractivity contribution < 1.29 is 4.74 Å². The molecule has 0 aromatic heterocycles. The molecule has 3 N–H and O–H groups in total. The van der Waals surface area contributed by atoms with Gasteiger partial charge in [-0.2, -0.15) is 0 Å². The molecule has 2 fully saturated rings. The molecule has 3 rings (SSSR count). The number of nitrogens with one attached hydrogen (secondary N) is 1. The second-order valence-electron chi connectivity index (χ2n) is 7.49. The average Bonchev–Trinajstić information content (AvgIpc) is 3.15. The quantitative estimate of drug-likeness (QED) is 0.380. The SMILES string of the molecule is CC1CCN(Cc2ccc(CN=C(N)NCC3CCCO3)cc2)CC1.I. The molecule has 2 aliphatic heterocycles. The van der Waals surface area contributed by atoms with Crippen LogP contribution in [0.1, 0.15) is 43.7 Å². The van der Waals surface area contributed by atoms with Crippen molar-refractivity contribution in [3.63, 3.8) is 0 Å². The molecule has 2 aliphatic rings. The van der Waals surface area contributed by atoms with Crippen molar-refractivity contribution in [1.82, 2.24) is 10.2 Å². The largest absolute Gasteiger partial charge is 0.376 e. The predicted octanol–water partition coefficient (Wildman–Crippen LogP) is 3.12. The van der Waals surface area contributed by atoms with Crippen LogP contribution in [0.5, 0.6) is 0 Å². The van der Waals surface area contributed by atoms with Crippen LogP contribution in [0.2, 0.25) is 0 Å². The predicted molar refractivity (Wildman–Crippen MR) is 118 cm³/mol. The third kappa shape index (κ3) is 7.04. The Hall–Kier alpha value is -0.860. The van der Waals surface area contributed by atoms with Gasteiger partial charge in [0.05, 0.1) is 12.6 Å². The molecule has 1 aromatic rings. The summed E-state index contributed by atoms with van der Waals surface area (Å²) in [7, 11) is 0. The van der Waals surface area contributed by atoms with Gasteiger partial charge in [0, 0.05) is 19.7 Å². The number of likely N-dealkylation sites (tertiary alicyclic amines) is 1. The zero-order valence-corrected chi connectivity index (χ0v) is 18.2. The van der Waals surface area contributed by atoms with Gasteiger partial charge >= 0.3 is 0 Å². The van der Waals surface area contributed by atoms with Gasteiger partial charge in [-0.05, 0) is 55.8 Å². The second-order valence-corrected chi connectivity index (χ2v) is 7.49. The lowest BCUT2D eigenvalue weighted by molar-refractivity contribution is 0.114. The van der Waals surface area contributed by atoms with Gasteiger partial charge in [-0.3, -0.25) is 4.90 Å². The lowest BCUT2D eigenvalue weighted by Gasteiger charge is -2.30. The van der Waals surface area contributed by atoms with Crippen molar-refractivity contribution in [3.05, 3.63) is 35.4 Å². The maximum atomic E-state index is 5.94. The summed E-state index contributed by atoms with van der Waals surface area (Å²) in [4.78, 5) is 6.98. The molecular formula is C20H33IN4O. The van der Waals surface area contributed by atoms with Gasteiger partial charge in [0.25, 0.3) is 0 Å². The second kappa shape index (κ2) is 11.1. The van der Waals surface area contributed by atoms with Crippen LogP contribution in [0.3, 0.4) is 0 Å². The highest BCUT2D eigenvalue weighted by atomic mass is 127. The lowest BCUT2D eigenvalue weighted by Crippen LogP contribution is -2.37. The number of nitrogens with zero attached hydrogens (tertiary/aromatic N) is 2. The van der Waals surface area contributed by atoms with Gasteiger partial charge in [-0.25, -0.2) is 4.99 Å². The summed E-state index contributed by atoms with van der Waals surface area (Å²) in [6, 6.07) is 8.77. The van der Waals surface area contributed by atoms with E-state index in [-0.39, 0.29) is 30.1 Å². The molecule has 2 saturated heterocycles. The van der Waals surface area contributed by atoms with E-state index < -0.39 is 0 Å². The van der Waals surface area contributed by atoms with Gasteiger partial charge in [-0.1, -0.05) is 31.2 Å². The van der Waals surface area contributed by atoms with Crippen LogP contribution in [-0.4, -0.2) is 43.2 Å². The Balaban J connectivity index is 0.00000243. The van der Waals surface area contributed by atoms with Gasteiger partial charge in [0.15, 0.2) is 5.96 Å². The Labute approximate surface area is 174 Å².